The molecule has 0 saturated heterocycles. The first-order valence-corrected chi connectivity index (χ1v) is 8.44. The van der Waals surface area contributed by atoms with Crippen LogP contribution in [0.5, 0.6) is 0 Å². The van der Waals surface area contributed by atoms with Crippen molar-refractivity contribution in [2.45, 2.75) is 6.04 Å². The summed E-state index contributed by atoms with van der Waals surface area (Å²) in [4.78, 5) is 16.2. The zero-order valence-corrected chi connectivity index (χ0v) is 13.0. The van der Waals surface area contributed by atoms with Gasteiger partial charge in [-0.2, -0.15) is 0 Å². The summed E-state index contributed by atoms with van der Waals surface area (Å²) in [6.45, 7) is 0. The maximum atomic E-state index is 12.2. The molecule has 0 fully saturated rings. The lowest BCUT2D eigenvalue weighted by molar-refractivity contribution is 0.0935. The fraction of sp³-hybridized carbons (Fsp3) is 0.200. The Hall–Kier alpha value is -1.72. The summed E-state index contributed by atoms with van der Waals surface area (Å²) in [6, 6.07) is 12.3. The van der Waals surface area contributed by atoms with Crippen LogP contribution in [0.25, 0.3) is 0 Å². The van der Waals surface area contributed by atoms with Crippen molar-refractivity contribution in [3.8, 4) is 0 Å². The summed E-state index contributed by atoms with van der Waals surface area (Å²) in [7, 11) is -1.03. The van der Waals surface area contributed by atoms with E-state index in [9.17, 15) is 9.00 Å². The molecule has 1 aromatic carbocycles. The minimum Gasteiger partial charge on any atom is -0.343 e. The van der Waals surface area contributed by atoms with E-state index in [4.69, 9.17) is 11.6 Å². The van der Waals surface area contributed by atoms with Gasteiger partial charge in [0, 0.05) is 29.0 Å². The molecule has 0 saturated carbocycles. The van der Waals surface area contributed by atoms with Crippen LogP contribution in [0.4, 0.5) is 0 Å². The van der Waals surface area contributed by atoms with E-state index in [-0.39, 0.29) is 17.6 Å². The van der Waals surface area contributed by atoms with Crippen LogP contribution in [0.1, 0.15) is 22.1 Å². The van der Waals surface area contributed by atoms with Crippen LogP contribution in [0, 0.1) is 0 Å². The Bertz CT molecular complexity index is 632. The molecule has 1 heterocycles. The Morgan fingerprint density at radius 3 is 2.57 bits per heavy atom. The Labute approximate surface area is 131 Å². The van der Waals surface area contributed by atoms with Crippen molar-refractivity contribution in [3.05, 3.63) is 64.9 Å². The van der Waals surface area contributed by atoms with E-state index in [1.165, 1.54) is 6.20 Å². The van der Waals surface area contributed by atoms with Crippen LogP contribution in [-0.2, 0) is 10.8 Å². The van der Waals surface area contributed by atoms with Gasteiger partial charge in [0.2, 0.25) is 0 Å². The fourth-order valence-corrected chi connectivity index (χ4v) is 2.74. The maximum Gasteiger partial charge on any atom is 0.270 e. The van der Waals surface area contributed by atoms with Gasteiger partial charge in [-0.05, 0) is 17.7 Å². The van der Waals surface area contributed by atoms with Gasteiger partial charge in [-0.1, -0.05) is 41.9 Å². The monoisotopic (exact) mass is 322 g/mol. The van der Waals surface area contributed by atoms with Crippen LogP contribution in [0.3, 0.4) is 0 Å². The third kappa shape index (κ3) is 4.65. The Morgan fingerprint density at radius 2 is 2.00 bits per heavy atom. The Balaban J connectivity index is 2.17. The second-order valence-corrected chi connectivity index (χ2v) is 6.45. The van der Waals surface area contributed by atoms with Crippen molar-refractivity contribution in [2.24, 2.45) is 0 Å². The van der Waals surface area contributed by atoms with Crippen molar-refractivity contribution < 1.29 is 9.00 Å². The van der Waals surface area contributed by atoms with Gasteiger partial charge in [0.25, 0.3) is 5.91 Å². The second kappa shape index (κ2) is 7.33. The molecule has 110 valence electrons. The lowest BCUT2D eigenvalue weighted by Crippen LogP contribution is -2.32. The third-order valence-electron chi connectivity index (χ3n) is 2.87. The zero-order valence-electron chi connectivity index (χ0n) is 11.5. The normalized spacial score (nSPS) is 13.4. The van der Waals surface area contributed by atoms with Crippen LogP contribution >= 0.6 is 11.6 Å². The lowest BCUT2D eigenvalue weighted by Gasteiger charge is -2.18. The van der Waals surface area contributed by atoms with E-state index < -0.39 is 10.8 Å². The number of aromatic nitrogens is 1. The number of rotatable bonds is 5. The predicted molar refractivity (Wildman–Crippen MR) is 84.8 cm³/mol. The number of hydrogen-bond donors (Lipinski definition) is 1. The molecular weight excluding hydrogens is 308 g/mol. The standard InChI is InChI=1S/C15H15ClN2O2S/c1-21(20)10-14(11-5-3-2-4-6-11)18-15(19)13-8-7-12(16)9-17-13/h2-9,14H,10H2,1H3,(H,18,19)/t14-,21+/m0/s1. The van der Waals surface area contributed by atoms with Gasteiger partial charge in [0.15, 0.2) is 0 Å². The van der Waals surface area contributed by atoms with Crippen molar-refractivity contribution in [1.82, 2.24) is 10.3 Å². The lowest BCUT2D eigenvalue weighted by atomic mass is 10.1. The van der Waals surface area contributed by atoms with Crippen LogP contribution in [-0.4, -0.2) is 27.1 Å². The van der Waals surface area contributed by atoms with Gasteiger partial charge in [0.1, 0.15) is 5.69 Å². The molecule has 6 heteroatoms. The van der Waals surface area contributed by atoms with Crippen molar-refractivity contribution in [3.63, 3.8) is 0 Å². The second-order valence-electron chi connectivity index (χ2n) is 4.54. The van der Waals surface area contributed by atoms with Gasteiger partial charge in [-0.25, -0.2) is 4.98 Å². The Kier molecular flexibility index (Phi) is 5.47. The van der Waals surface area contributed by atoms with Crippen molar-refractivity contribution in [2.75, 3.05) is 12.0 Å². The SMILES string of the molecule is C[S@@](=O)C[C@H](NC(=O)c1ccc(Cl)cn1)c1ccccc1. The molecule has 4 nitrogen and oxygen atoms in total. The molecule has 0 radical (unpaired) electrons. The summed E-state index contributed by atoms with van der Waals surface area (Å²) in [6.07, 6.45) is 3.04. The summed E-state index contributed by atoms with van der Waals surface area (Å²) in [5.41, 5.74) is 1.19. The maximum absolute atomic E-state index is 12.2. The molecular formula is C15H15ClN2O2S. The molecule has 2 atom stereocenters. The van der Waals surface area contributed by atoms with Gasteiger partial charge in [-0.3, -0.25) is 9.00 Å². The number of nitrogens with one attached hydrogen (secondary N) is 1. The van der Waals surface area contributed by atoms with Gasteiger partial charge >= 0.3 is 0 Å². The molecule has 2 rings (SSSR count). The molecule has 0 bridgehead atoms. The minimum atomic E-state index is -1.03. The first-order chi connectivity index (χ1) is 10.1. The largest absolute Gasteiger partial charge is 0.343 e. The molecule has 1 N–H and O–H groups in total. The van der Waals surface area contributed by atoms with Crippen molar-refractivity contribution in [1.29, 1.82) is 0 Å². The van der Waals surface area contributed by atoms with Crippen LogP contribution in [0.2, 0.25) is 5.02 Å². The molecule has 2 aromatic rings. The molecule has 1 aromatic heterocycles. The summed E-state index contributed by atoms with van der Waals surface area (Å²) < 4.78 is 11.5. The average Bonchev–Trinajstić information content (AvgIpc) is 2.47. The topological polar surface area (TPSA) is 59.1 Å². The van der Waals surface area contributed by atoms with E-state index in [1.54, 1.807) is 18.4 Å². The first kappa shape index (κ1) is 15.7. The highest BCUT2D eigenvalue weighted by atomic mass is 35.5. The summed E-state index contributed by atoms with van der Waals surface area (Å²) in [5.74, 6) is 0.0366. The third-order valence-corrected chi connectivity index (χ3v) is 3.89. The minimum absolute atomic E-state index is 0.280. The van der Waals surface area contributed by atoms with Gasteiger partial charge in [-0.15, -0.1) is 0 Å². The molecule has 0 spiro atoms. The zero-order chi connectivity index (χ0) is 15.2. The number of pyridine rings is 1. The van der Waals surface area contributed by atoms with Crippen LogP contribution in [0.15, 0.2) is 48.7 Å². The number of amides is 1. The molecule has 0 aliphatic heterocycles. The van der Waals surface area contributed by atoms with E-state index >= 15 is 0 Å². The van der Waals surface area contributed by atoms with E-state index in [1.807, 2.05) is 30.3 Å². The quantitative estimate of drug-likeness (QED) is 0.920. The molecule has 0 unspecified atom stereocenters. The van der Waals surface area contributed by atoms with E-state index in [2.05, 4.69) is 10.3 Å². The molecule has 0 aliphatic carbocycles. The summed E-state index contributed by atoms with van der Waals surface area (Å²) >= 11 is 5.75. The highest BCUT2D eigenvalue weighted by Crippen LogP contribution is 2.15. The average molecular weight is 323 g/mol. The molecule has 1 amide bonds. The number of benzene rings is 1. The van der Waals surface area contributed by atoms with E-state index in [0.29, 0.717) is 10.8 Å². The van der Waals surface area contributed by atoms with Crippen LogP contribution < -0.4 is 5.32 Å². The fourth-order valence-electron chi connectivity index (χ4n) is 1.88. The number of carbonyl (C=O) groups is 1. The first-order valence-electron chi connectivity index (χ1n) is 6.33. The Morgan fingerprint density at radius 1 is 1.29 bits per heavy atom. The molecule has 21 heavy (non-hydrogen) atoms. The predicted octanol–water partition coefficient (Wildman–Crippen LogP) is 2.58. The van der Waals surface area contributed by atoms with Gasteiger partial charge < -0.3 is 5.32 Å². The summed E-state index contributed by atoms with van der Waals surface area (Å²) in [5, 5.41) is 3.34. The highest BCUT2D eigenvalue weighted by Gasteiger charge is 2.17. The number of hydrogen-bond acceptors (Lipinski definition) is 3. The smallest absolute Gasteiger partial charge is 0.270 e. The van der Waals surface area contributed by atoms with E-state index in [0.717, 1.165) is 5.56 Å². The van der Waals surface area contributed by atoms with Gasteiger partial charge in [0.05, 0.1) is 11.1 Å². The number of halogens is 1. The number of nitrogens with zero attached hydrogens (tertiary/aromatic N) is 1. The highest BCUT2D eigenvalue weighted by molar-refractivity contribution is 7.84. The number of carbonyl (C=O) groups excluding carboxylic acids is 1. The molecule has 0 aliphatic rings. The van der Waals surface area contributed by atoms with Crippen molar-refractivity contribution >= 4 is 28.3 Å².